The first-order chi connectivity index (χ1) is 11.9. The molecule has 1 saturated carbocycles. The second kappa shape index (κ2) is 7.63. The number of nitro groups is 1. The van der Waals surface area contributed by atoms with Crippen LogP contribution < -0.4 is 4.46 Å². The Bertz CT molecular complexity index is 672. The third-order valence-corrected chi connectivity index (χ3v) is 9.56. The molecule has 25 heavy (non-hydrogen) atoms. The fourth-order valence-corrected chi connectivity index (χ4v) is 7.39. The monoisotopic (exact) mass is 407 g/mol. The van der Waals surface area contributed by atoms with Crippen molar-refractivity contribution in [1.82, 2.24) is 0 Å². The first-order valence-corrected chi connectivity index (χ1v) is 11.5. The molecule has 0 amide bonds. The van der Waals surface area contributed by atoms with Gasteiger partial charge in [0.2, 0.25) is 0 Å². The summed E-state index contributed by atoms with van der Waals surface area (Å²) < 4.78 is 0.946. The molecular weight excluding hydrogens is 377 g/mol. The summed E-state index contributed by atoms with van der Waals surface area (Å²) >= 11 is 0.182. The molecule has 2 aliphatic carbocycles. The molecule has 0 saturated heterocycles. The van der Waals surface area contributed by atoms with E-state index in [1.807, 2.05) is 12.1 Å². The number of hydrogen-bond donors (Lipinski definition) is 0. The van der Waals surface area contributed by atoms with E-state index in [4.69, 9.17) is 0 Å². The van der Waals surface area contributed by atoms with Crippen LogP contribution in [-0.2, 0) is 0 Å². The molecule has 4 atom stereocenters. The fourth-order valence-electron chi connectivity index (χ4n) is 4.91. The zero-order valence-electron chi connectivity index (χ0n) is 15.5. The van der Waals surface area contributed by atoms with Crippen LogP contribution in [0, 0.1) is 33.3 Å². The maximum atomic E-state index is 11.2. The summed E-state index contributed by atoms with van der Waals surface area (Å²) in [5.74, 6) is 2.23. The van der Waals surface area contributed by atoms with Gasteiger partial charge < -0.3 is 0 Å². The van der Waals surface area contributed by atoms with Gasteiger partial charge >= 0.3 is 157 Å². The Morgan fingerprint density at radius 1 is 1.36 bits per heavy atom. The van der Waals surface area contributed by atoms with E-state index in [-0.39, 0.29) is 19.9 Å². The topological polar surface area (TPSA) is 43.1 Å². The van der Waals surface area contributed by atoms with Gasteiger partial charge in [0.15, 0.2) is 0 Å². The molecule has 0 N–H and O–H groups in total. The van der Waals surface area contributed by atoms with Crippen molar-refractivity contribution >= 4 is 25.1 Å². The molecule has 4 heteroatoms. The molecule has 1 spiro atoms. The molecule has 3 nitrogen and oxygen atoms in total. The van der Waals surface area contributed by atoms with Crippen molar-refractivity contribution in [1.29, 1.82) is 0 Å². The second-order valence-electron chi connectivity index (χ2n) is 8.04. The van der Waals surface area contributed by atoms with Crippen molar-refractivity contribution < 1.29 is 4.92 Å². The van der Waals surface area contributed by atoms with Crippen LogP contribution in [0.1, 0.15) is 52.9 Å². The van der Waals surface area contributed by atoms with Crippen LogP contribution in [0.5, 0.6) is 0 Å². The van der Waals surface area contributed by atoms with Crippen molar-refractivity contribution in [2.45, 2.75) is 58.2 Å². The molecule has 0 radical (unpaired) electrons. The van der Waals surface area contributed by atoms with E-state index in [9.17, 15) is 10.1 Å². The minimum absolute atomic E-state index is 0.182. The van der Waals surface area contributed by atoms with E-state index in [0.29, 0.717) is 17.0 Å². The van der Waals surface area contributed by atoms with Crippen LogP contribution in [-0.4, -0.2) is 19.9 Å². The fraction of sp³-hybridized carbons (Fsp3) is 0.619. The van der Waals surface area contributed by atoms with Gasteiger partial charge in [-0.25, -0.2) is 0 Å². The summed E-state index contributed by atoms with van der Waals surface area (Å²) in [6.45, 7) is 7.16. The Hall–Kier alpha value is -1.12. The van der Waals surface area contributed by atoms with Crippen LogP contribution >= 0.6 is 0 Å². The average Bonchev–Trinajstić information content (AvgIpc) is 3.05. The number of rotatable bonds is 5. The van der Waals surface area contributed by atoms with Gasteiger partial charge in [-0.3, -0.25) is 0 Å². The Morgan fingerprint density at radius 3 is 2.84 bits per heavy atom. The molecule has 1 aromatic carbocycles. The number of para-hydroxylation sites is 1. The molecule has 1 aromatic rings. The first-order valence-electron chi connectivity index (χ1n) is 9.47. The molecule has 0 aliphatic heterocycles. The standard InChI is InChI=1S/C21H29NO2Se/c1-15(14-25-20-10-5-4-9-19(20)22(23)24)18-11-12-21(13-18)16(2)7-6-8-17(21)3/h4-5,7,9-10,15,17-18H,6,8,11-14H2,1-3H3/t15-,17+,18-,21+/m1/s1. The third kappa shape index (κ3) is 3.71. The Morgan fingerprint density at radius 2 is 2.12 bits per heavy atom. The van der Waals surface area contributed by atoms with Crippen molar-refractivity contribution in [3.8, 4) is 0 Å². The summed E-state index contributed by atoms with van der Waals surface area (Å²) in [5, 5.41) is 12.3. The second-order valence-corrected chi connectivity index (χ2v) is 10.3. The summed E-state index contributed by atoms with van der Waals surface area (Å²) in [5.41, 5.74) is 2.38. The molecule has 0 bridgehead atoms. The molecule has 3 rings (SSSR count). The van der Waals surface area contributed by atoms with Crippen molar-refractivity contribution in [2.75, 3.05) is 0 Å². The van der Waals surface area contributed by atoms with Crippen LogP contribution in [0.2, 0.25) is 5.32 Å². The van der Waals surface area contributed by atoms with E-state index in [2.05, 4.69) is 26.8 Å². The van der Waals surface area contributed by atoms with Gasteiger partial charge in [0.25, 0.3) is 0 Å². The van der Waals surface area contributed by atoms with Crippen molar-refractivity contribution in [3.05, 3.63) is 46.0 Å². The van der Waals surface area contributed by atoms with Crippen molar-refractivity contribution in [3.63, 3.8) is 0 Å². The van der Waals surface area contributed by atoms with Crippen molar-refractivity contribution in [2.24, 2.45) is 23.2 Å². The third-order valence-electron chi connectivity index (χ3n) is 6.73. The van der Waals surface area contributed by atoms with Crippen LogP contribution in [0.4, 0.5) is 5.69 Å². The van der Waals surface area contributed by atoms with Gasteiger partial charge in [-0.2, -0.15) is 0 Å². The molecule has 0 aromatic heterocycles. The Kier molecular flexibility index (Phi) is 5.70. The van der Waals surface area contributed by atoms with E-state index >= 15 is 0 Å². The number of benzene rings is 1. The van der Waals surface area contributed by atoms with Gasteiger partial charge in [0, 0.05) is 0 Å². The molecule has 0 unspecified atom stereocenters. The van der Waals surface area contributed by atoms with Gasteiger partial charge in [0.1, 0.15) is 0 Å². The summed E-state index contributed by atoms with van der Waals surface area (Å²) in [7, 11) is 0. The molecule has 2 aliphatic rings. The van der Waals surface area contributed by atoms with Gasteiger partial charge in [0.05, 0.1) is 0 Å². The van der Waals surface area contributed by atoms with Crippen LogP contribution in [0.3, 0.4) is 0 Å². The maximum absolute atomic E-state index is 11.2. The molecular formula is C21H29NO2Se. The van der Waals surface area contributed by atoms with Gasteiger partial charge in [-0.1, -0.05) is 0 Å². The summed E-state index contributed by atoms with van der Waals surface area (Å²) in [6.07, 6.45) is 9.04. The summed E-state index contributed by atoms with van der Waals surface area (Å²) in [6, 6.07) is 7.28. The van der Waals surface area contributed by atoms with E-state index in [1.54, 1.807) is 17.7 Å². The summed E-state index contributed by atoms with van der Waals surface area (Å²) in [4.78, 5) is 11.0. The zero-order chi connectivity index (χ0) is 18.0. The average molecular weight is 406 g/mol. The number of allylic oxidation sites excluding steroid dienone is 2. The quantitative estimate of drug-likeness (QED) is 0.294. The van der Waals surface area contributed by atoms with E-state index in [1.165, 1.54) is 32.1 Å². The zero-order valence-corrected chi connectivity index (χ0v) is 17.2. The molecule has 0 heterocycles. The SMILES string of the molecule is CC1=CCC[C@H](C)[C@]12CC[C@@H]([C@H](C)C[Se]c1ccccc1[N+](=O)[O-])C2. The minimum atomic E-state index is -0.232. The predicted octanol–water partition coefficient (Wildman–Crippen LogP) is 5.14. The van der Waals surface area contributed by atoms with Crippen LogP contribution in [0.25, 0.3) is 0 Å². The van der Waals surface area contributed by atoms with E-state index in [0.717, 1.165) is 21.6 Å². The Labute approximate surface area is 157 Å². The number of nitrogens with zero attached hydrogens (tertiary/aromatic N) is 1. The van der Waals surface area contributed by atoms with Crippen LogP contribution in [0.15, 0.2) is 35.9 Å². The molecule has 1 fully saturated rings. The van der Waals surface area contributed by atoms with Gasteiger partial charge in [-0.05, 0) is 0 Å². The number of hydrogen-bond acceptors (Lipinski definition) is 2. The van der Waals surface area contributed by atoms with E-state index < -0.39 is 0 Å². The Balaban J connectivity index is 1.64. The van der Waals surface area contributed by atoms with Gasteiger partial charge in [-0.15, -0.1) is 0 Å². The normalized spacial score (nSPS) is 30.3. The predicted molar refractivity (Wildman–Crippen MR) is 104 cm³/mol. The first kappa shape index (κ1) is 18.7. The number of nitro benzene ring substituents is 1. The molecule has 136 valence electrons.